The molecule has 0 radical (unpaired) electrons. The molecule has 5 nitrogen and oxygen atoms in total. The highest BCUT2D eigenvalue weighted by Gasteiger charge is 2.21. The SMILES string of the molecule is CCCC(CCN)CNc1ccccc1S(=O)(=O)N(C)C. The molecule has 3 N–H and O–H groups in total. The number of nitrogens with zero attached hydrogens (tertiary/aromatic N) is 1. The van der Waals surface area contributed by atoms with Crippen molar-refractivity contribution in [2.24, 2.45) is 11.7 Å². The number of nitrogens with two attached hydrogens (primary N) is 1. The van der Waals surface area contributed by atoms with Gasteiger partial charge in [0.05, 0.1) is 5.69 Å². The zero-order valence-corrected chi connectivity index (χ0v) is 14.0. The summed E-state index contributed by atoms with van der Waals surface area (Å²) in [6.45, 7) is 3.54. The van der Waals surface area contributed by atoms with Crippen molar-refractivity contribution in [3.05, 3.63) is 24.3 Å². The number of hydrogen-bond donors (Lipinski definition) is 2. The van der Waals surface area contributed by atoms with Crippen molar-refractivity contribution in [2.45, 2.75) is 31.1 Å². The van der Waals surface area contributed by atoms with E-state index in [2.05, 4.69) is 12.2 Å². The van der Waals surface area contributed by atoms with E-state index < -0.39 is 10.0 Å². The molecule has 1 unspecified atom stereocenters. The number of sulfonamides is 1. The van der Waals surface area contributed by atoms with Crippen LogP contribution in [0.3, 0.4) is 0 Å². The van der Waals surface area contributed by atoms with Gasteiger partial charge in [0.2, 0.25) is 10.0 Å². The Kier molecular flexibility index (Phi) is 7.14. The lowest BCUT2D eigenvalue weighted by Crippen LogP contribution is -2.24. The molecule has 0 aliphatic carbocycles. The minimum absolute atomic E-state index is 0.318. The van der Waals surface area contributed by atoms with Gasteiger partial charge in [0.15, 0.2) is 0 Å². The first kappa shape index (κ1) is 17.9. The molecule has 6 heteroatoms. The standard InChI is InChI=1S/C15H27N3O2S/c1-4-7-13(10-11-16)12-17-14-8-5-6-9-15(14)21(19,20)18(2)3/h5-6,8-9,13,17H,4,7,10-12,16H2,1-3H3. The molecule has 0 aromatic heterocycles. The van der Waals surface area contributed by atoms with Gasteiger partial charge in [-0.3, -0.25) is 0 Å². The lowest BCUT2D eigenvalue weighted by atomic mass is 10.00. The predicted octanol–water partition coefficient (Wildman–Crippen LogP) is 2.11. The minimum Gasteiger partial charge on any atom is -0.384 e. The minimum atomic E-state index is -3.43. The third-order valence-electron chi connectivity index (χ3n) is 3.50. The van der Waals surface area contributed by atoms with Crippen LogP contribution in [0, 0.1) is 5.92 Å². The number of anilines is 1. The number of benzene rings is 1. The molecule has 0 fully saturated rings. The zero-order chi connectivity index (χ0) is 15.9. The lowest BCUT2D eigenvalue weighted by molar-refractivity contribution is 0.472. The number of rotatable bonds is 9. The quantitative estimate of drug-likeness (QED) is 0.732. The summed E-state index contributed by atoms with van der Waals surface area (Å²) in [7, 11) is -0.350. The first-order valence-corrected chi connectivity index (χ1v) is 8.83. The molecule has 1 rings (SSSR count). The third kappa shape index (κ3) is 4.98. The molecule has 1 aromatic carbocycles. The molecule has 21 heavy (non-hydrogen) atoms. The number of hydrogen-bond acceptors (Lipinski definition) is 4. The molecule has 1 aromatic rings. The summed E-state index contributed by atoms with van der Waals surface area (Å²) < 4.78 is 25.9. The van der Waals surface area contributed by atoms with E-state index in [9.17, 15) is 8.42 Å². The van der Waals surface area contributed by atoms with Crippen molar-refractivity contribution in [3.63, 3.8) is 0 Å². The second kappa shape index (κ2) is 8.36. The normalized spacial score (nSPS) is 13.4. The van der Waals surface area contributed by atoms with Gasteiger partial charge in [0.25, 0.3) is 0 Å². The van der Waals surface area contributed by atoms with Crippen molar-refractivity contribution in [2.75, 3.05) is 32.5 Å². The summed E-state index contributed by atoms with van der Waals surface area (Å²) in [5.74, 6) is 0.468. The van der Waals surface area contributed by atoms with E-state index >= 15 is 0 Å². The molecule has 0 bridgehead atoms. The van der Waals surface area contributed by atoms with Gasteiger partial charge in [-0.15, -0.1) is 0 Å². The maximum Gasteiger partial charge on any atom is 0.244 e. The maximum absolute atomic E-state index is 12.3. The van der Waals surface area contributed by atoms with Gasteiger partial charge in [-0.25, -0.2) is 12.7 Å². The van der Waals surface area contributed by atoms with Crippen molar-refractivity contribution >= 4 is 15.7 Å². The molecular weight excluding hydrogens is 286 g/mol. The van der Waals surface area contributed by atoms with Crippen LogP contribution in [0.25, 0.3) is 0 Å². The average molecular weight is 313 g/mol. The highest BCUT2D eigenvalue weighted by molar-refractivity contribution is 7.89. The van der Waals surface area contributed by atoms with Crippen molar-refractivity contribution in [3.8, 4) is 0 Å². The molecule has 0 aliphatic heterocycles. The lowest BCUT2D eigenvalue weighted by Gasteiger charge is -2.20. The highest BCUT2D eigenvalue weighted by Crippen LogP contribution is 2.24. The number of nitrogens with one attached hydrogen (secondary N) is 1. The van der Waals surface area contributed by atoms with E-state index in [0.717, 1.165) is 25.8 Å². The molecule has 0 spiro atoms. The summed E-state index contributed by atoms with van der Waals surface area (Å²) in [5.41, 5.74) is 6.29. The maximum atomic E-state index is 12.3. The highest BCUT2D eigenvalue weighted by atomic mass is 32.2. The van der Waals surface area contributed by atoms with Crippen LogP contribution in [0.2, 0.25) is 0 Å². The molecule has 120 valence electrons. The number of para-hydroxylation sites is 1. The molecular formula is C15H27N3O2S. The zero-order valence-electron chi connectivity index (χ0n) is 13.2. The van der Waals surface area contributed by atoms with Gasteiger partial charge in [0.1, 0.15) is 4.90 Å². The second-order valence-electron chi connectivity index (χ2n) is 5.40. The third-order valence-corrected chi connectivity index (χ3v) is 5.37. The summed E-state index contributed by atoms with van der Waals surface area (Å²) in [5, 5.41) is 3.28. The Balaban J connectivity index is 2.89. The topological polar surface area (TPSA) is 75.4 Å². The fourth-order valence-electron chi connectivity index (χ4n) is 2.28. The molecule has 0 amide bonds. The molecule has 0 heterocycles. The average Bonchev–Trinajstić information content (AvgIpc) is 2.45. The van der Waals surface area contributed by atoms with Gasteiger partial charge in [0, 0.05) is 20.6 Å². The van der Waals surface area contributed by atoms with Crippen molar-refractivity contribution in [1.29, 1.82) is 0 Å². The summed E-state index contributed by atoms with van der Waals surface area (Å²) >= 11 is 0. The van der Waals surface area contributed by atoms with Gasteiger partial charge in [-0.1, -0.05) is 25.5 Å². The van der Waals surface area contributed by atoms with Crippen LogP contribution in [0.5, 0.6) is 0 Å². The monoisotopic (exact) mass is 313 g/mol. The van der Waals surface area contributed by atoms with E-state index in [1.54, 1.807) is 26.2 Å². The van der Waals surface area contributed by atoms with E-state index in [1.165, 1.54) is 4.31 Å². The van der Waals surface area contributed by atoms with Gasteiger partial charge in [-0.2, -0.15) is 0 Å². The molecule has 0 aliphatic rings. The smallest absolute Gasteiger partial charge is 0.244 e. The Bertz CT molecular complexity index is 523. The molecule has 0 saturated carbocycles. The van der Waals surface area contributed by atoms with Crippen LogP contribution in [0.4, 0.5) is 5.69 Å². The van der Waals surface area contributed by atoms with Crippen LogP contribution in [0.1, 0.15) is 26.2 Å². The fourth-order valence-corrected chi connectivity index (χ4v) is 3.34. The Morgan fingerprint density at radius 2 is 1.90 bits per heavy atom. The Morgan fingerprint density at radius 3 is 2.48 bits per heavy atom. The Labute approximate surface area is 128 Å². The second-order valence-corrected chi connectivity index (χ2v) is 7.52. The first-order chi connectivity index (χ1) is 9.93. The molecule has 0 saturated heterocycles. The van der Waals surface area contributed by atoms with Crippen LogP contribution in [0.15, 0.2) is 29.2 Å². The largest absolute Gasteiger partial charge is 0.384 e. The Morgan fingerprint density at radius 1 is 1.24 bits per heavy atom. The Hall–Kier alpha value is -1.11. The van der Waals surface area contributed by atoms with Crippen LogP contribution in [-0.2, 0) is 10.0 Å². The fraction of sp³-hybridized carbons (Fsp3) is 0.600. The summed E-state index contributed by atoms with van der Waals surface area (Å²) in [4.78, 5) is 0.318. The van der Waals surface area contributed by atoms with E-state index in [0.29, 0.717) is 23.0 Å². The molecule has 1 atom stereocenters. The van der Waals surface area contributed by atoms with Crippen molar-refractivity contribution < 1.29 is 8.42 Å². The van der Waals surface area contributed by atoms with Gasteiger partial charge in [-0.05, 0) is 37.4 Å². The van der Waals surface area contributed by atoms with E-state index in [1.807, 2.05) is 12.1 Å². The summed E-state index contributed by atoms with van der Waals surface area (Å²) in [6, 6.07) is 7.02. The van der Waals surface area contributed by atoms with E-state index in [4.69, 9.17) is 5.73 Å². The van der Waals surface area contributed by atoms with E-state index in [-0.39, 0.29) is 0 Å². The van der Waals surface area contributed by atoms with Gasteiger partial charge < -0.3 is 11.1 Å². The summed E-state index contributed by atoms with van der Waals surface area (Å²) in [6.07, 6.45) is 3.14. The van der Waals surface area contributed by atoms with Crippen LogP contribution < -0.4 is 11.1 Å². The van der Waals surface area contributed by atoms with Crippen LogP contribution >= 0.6 is 0 Å². The van der Waals surface area contributed by atoms with Gasteiger partial charge >= 0.3 is 0 Å². The van der Waals surface area contributed by atoms with Crippen LogP contribution in [-0.4, -0.2) is 39.9 Å². The first-order valence-electron chi connectivity index (χ1n) is 7.39. The van der Waals surface area contributed by atoms with Crippen molar-refractivity contribution in [1.82, 2.24) is 4.31 Å². The predicted molar refractivity (Wildman–Crippen MR) is 87.9 cm³/mol.